The van der Waals surface area contributed by atoms with Crippen LogP contribution in [-0.2, 0) is 17.8 Å². The van der Waals surface area contributed by atoms with E-state index < -0.39 is 0 Å². The molecule has 34 heavy (non-hydrogen) atoms. The Bertz CT molecular complexity index is 1090. The molecule has 6 heteroatoms. The monoisotopic (exact) mass is 462 g/mol. The highest BCUT2D eigenvalue weighted by Gasteiger charge is 2.22. The molecule has 1 heterocycles. The summed E-state index contributed by atoms with van der Waals surface area (Å²) in [4.78, 5) is 32.2. The average Bonchev–Trinajstić information content (AvgIpc) is 3.13. The number of imidazole rings is 1. The van der Waals surface area contributed by atoms with Gasteiger partial charge in [-0.15, -0.1) is 0 Å². The molecule has 182 valence electrons. The summed E-state index contributed by atoms with van der Waals surface area (Å²) in [6, 6.07) is 15.9. The molecule has 0 aliphatic carbocycles. The maximum absolute atomic E-state index is 13.1. The van der Waals surface area contributed by atoms with E-state index in [4.69, 9.17) is 4.98 Å². The molecule has 0 atom stereocenters. The number of carbonyl (C=O) groups is 2. The number of rotatable bonds is 11. The Balaban J connectivity index is 1.56. The molecule has 3 rings (SSSR count). The van der Waals surface area contributed by atoms with E-state index in [0.29, 0.717) is 18.7 Å². The lowest BCUT2D eigenvalue weighted by atomic mass is 10.1. The van der Waals surface area contributed by atoms with Crippen LogP contribution in [0.15, 0.2) is 48.5 Å². The molecule has 0 radical (unpaired) electrons. The molecule has 0 spiro atoms. The Morgan fingerprint density at radius 1 is 0.941 bits per heavy atom. The van der Waals surface area contributed by atoms with E-state index in [1.54, 1.807) is 0 Å². The van der Waals surface area contributed by atoms with Gasteiger partial charge in [0.05, 0.1) is 11.0 Å². The summed E-state index contributed by atoms with van der Waals surface area (Å²) >= 11 is 0. The van der Waals surface area contributed by atoms with Crippen LogP contribution >= 0.6 is 0 Å². The molecule has 1 aromatic heterocycles. The third kappa shape index (κ3) is 6.46. The fraction of sp³-hybridized carbons (Fsp3) is 0.464. The number of benzene rings is 2. The Labute approximate surface area is 203 Å². The van der Waals surface area contributed by atoms with E-state index in [1.807, 2.05) is 60.4 Å². The van der Waals surface area contributed by atoms with Crippen molar-refractivity contribution in [3.63, 3.8) is 0 Å². The second-order valence-corrected chi connectivity index (χ2v) is 9.52. The van der Waals surface area contributed by atoms with Crippen molar-refractivity contribution in [3.05, 3.63) is 65.5 Å². The van der Waals surface area contributed by atoms with Gasteiger partial charge >= 0.3 is 0 Å². The van der Waals surface area contributed by atoms with E-state index in [0.717, 1.165) is 48.1 Å². The minimum Gasteiger partial charge on any atom is -0.352 e. The molecule has 0 fully saturated rings. The summed E-state index contributed by atoms with van der Waals surface area (Å²) in [6.07, 6.45) is 3.65. The van der Waals surface area contributed by atoms with Crippen LogP contribution in [0.5, 0.6) is 0 Å². The SMILES string of the molecule is Cc1ccc(C(=O)NCCCCCc2nc3ccccc3n2CC(=O)N(C(C)C)C(C)C)cc1. The van der Waals surface area contributed by atoms with Crippen LogP contribution in [0.2, 0.25) is 0 Å². The molecule has 6 nitrogen and oxygen atoms in total. The lowest BCUT2D eigenvalue weighted by Gasteiger charge is -2.31. The first-order valence-electron chi connectivity index (χ1n) is 12.4. The van der Waals surface area contributed by atoms with Crippen LogP contribution in [0.25, 0.3) is 11.0 Å². The lowest BCUT2D eigenvalue weighted by Crippen LogP contribution is -2.43. The first-order chi connectivity index (χ1) is 16.3. The highest BCUT2D eigenvalue weighted by Crippen LogP contribution is 2.19. The summed E-state index contributed by atoms with van der Waals surface area (Å²) in [6.45, 7) is 11.2. The van der Waals surface area contributed by atoms with Crippen molar-refractivity contribution in [2.24, 2.45) is 0 Å². The Morgan fingerprint density at radius 3 is 2.29 bits per heavy atom. The van der Waals surface area contributed by atoms with Gasteiger partial charge in [0.1, 0.15) is 12.4 Å². The molecule has 2 amide bonds. The Morgan fingerprint density at radius 2 is 1.62 bits per heavy atom. The van der Waals surface area contributed by atoms with E-state index in [-0.39, 0.29) is 23.9 Å². The molecule has 0 saturated heterocycles. The molecule has 3 aromatic rings. The standard InChI is InChI=1S/C28H38N4O2/c1-20(2)32(21(3)4)27(33)19-31-25-12-9-8-11-24(25)30-26(31)13-7-6-10-18-29-28(34)23-16-14-22(5)15-17-23/h8-9,11-12,14-17,20-21H,6-7,10,13,18-19H2,1-5H3,(H,29,34). The summed E-state index contributed by atoms with van der Waals surface area (Å²) in [7, 11) is 0. The second kappa shape index (κ2) is 11.8. The van der Waals surface area contributed by atoms with Gasteiger partial charge in [0.25, 0.3) is 5.91 Å². The number of hydrogen-bond acceptors (Lipinski definition) is 3. The third-order valence-electron chi connectivity index (χ3n) is 6.10. The van der Waals surface area contributed by atoms with Gasteiger partial charge in [-0.3, -0.25) is 9.59 Å². The number of unbranched alkanes of at least 4 members (excludes halogenated alkanes) is 2. The van der Waals surface area contributed by atoms with Crippen LogP contribution in [0, 0.1) is 6.92 Å². The first-order valence-corrected chi connectivity index (χ1v) is 12.4. The largest absolute Gasteiger partial charge is 0.352 e. The predicted molar refractivity (Wildman–Crippen MR) is 138 cm³/mol. The summed E-state index contributed by atoms with van der Waals surface area (Å²) in [5.74, 6) is 1.04. The van der Waals surface area contributed by atoms with Crippen molar-refractivity contribution in [1.82, 2.24) is 19.8 Å². The van der Waals surface area contributed by atoms with Gasteiger partial charge in [0.2, 0.25) is 5.91 Å². The fourth-order valence-electron chi connectivity index (χ4n) is 4.48. The maximum Gasteiger partial charge on any atom is 0.251 e. The quantitative estimate of drug-likeness (QED) is 0.402. The number of aryl methyl sites for hydroxylation is 2. The van der Waals surface area contributed by atoms with E-state index in [2.05, 4.69) is 37.6 Å². The van der Waals surface area contributed by atoms with E-state index >= 15 is 0 Å². The number of nitrogens with one attached hydrogen (secondary N) is 1. The minimum absolute atomic E-state index is 0.0276. The Hall–Kier alpha value is -3.15. The van der Waals surface area contributed by atoms with Gasteiger partial charge in [-0.25, -0.2) is 4.98 Å². The normalized spacial score (nSPS) is 11.4. The topological polar surface area (TPSA) is 67.2 Å². The number of hydrogen-bond donors (Lipinski definition) is 1. The first kappa shape index (κ1) is 25.5. The van der Waals surface area contributed by atoms with E-state index in [1.165, 1.54) is 0 Å². The lowest BCUT2D eigenvalue weighted by molar-refractivity contribution is -0.135. The molecular weight excluding hydrogens is 424 g/mol. The van der Waals surface area contributed by atoms with Gasteiger partial charge in [-0.05, 0) is 71.7 Å². The highest BCUT2D eigenvalue weighted by molar-refractivity contribution is 5.94. The van der Waals surface area contributed by atoms with Crippen LogP contribution in [0.1, 0.15) is 68.7 Å². The van der Waals surface area contributed by atoms with Crippen molar-refractivity contribution >= 4 is 22.8 Å². The second-order valence-electron chi connectivity index (χ2n) is 9.52. The van der Waals surface area contributed by atoms with Gasteiger partial charge in [-0.2, -0.15) is 0 Å². The summed E-state index contributed by atoms with van der Waals surface area (Å²) in [5, 5.41) is 3.00. The van der Waals surface area contributed by atoms with Crippen molar-refractivity contribution in [2.45, 2.75) is 78.9 Å². The fourth-order valence-corrected chi connectivity index (χ4v) is 4.48. The van der Waals surface area contributed by atoms with Crippen molar-refractivity contribution in [3.8, 4) is 0 Å². The number of para-hydroxylation sites is 2. The smallest absolute Gasteiger partial charge is 0.251 e. The molecule has 2 aromatic carbocycles. The molecule has 0 unspecified atom stereocenters. The minimum atomic E-state index is -0.0276. The van der Waals surface area contributed by atoms with Gasteiger partial charge < -0.3 is 14.8 Å². The van der Waals surface area contributed by atoms with Crippen LogP contribution in [0.3, 0.4) is 0 Å². The maximum atomic E-state index is 13.1. The van der Waals surface area contributed by atoms with Gasteiger partial charge in [-0.1, -0.05) is 36.2 Å². The number of amides is 2. The molecule has 1 N–H and O–H groups in total. The third-order valence-corrected chi connectivity index (χ3v) is 6.10. The van der Waals surface area contributed by atoms with Gasteiger partial charge in [0, 0.05) is 30.6 Å². The van der Waals surface area contributed by atoms with Crippen LogP contribution in [0.4, 0.5) is 0 Å². The Kier molecular flexibility index (Phi) is 8.85. The summed E-state index contributed by atoms with van der Waals surface area (Å²) < 4.78 is 2.08. The number of nitrogens with zero attached hydrogens (tertiary/aromatic N) is 3. The molecule has 0 aliphatic heterocycles. The van der Waals surface area contributed by atoms with Crippen LogP contribution < -0.4 is 5.32 Å². The van der Waals surface area contributed by atoms with Crippen molar-refractivity contribution in [2.75, 3.05) is 6.54 Å². The molecule has 0 saturated carbocycles. The van der Waals surface area contributed by atoms with Gasteiger partial charge in [0.15, 0.2) is 0 Å². The van der Waals surface area contributed by atoms with Crippen molar-refractivity contribution < 1.29 is 9.59 Å². The van der Waals surface area contributed by atoms with Crippen LogP contribution in [-0.4, -0.2) is 44.9 Å². The van der Waals surface area contributed by atoms with E-state index in [9.17, 15) is 9.59 Å². The molecule has 0 bridgehead atoms. The zero-order chi connectivity index (χ0) is 24.7. The number of carbonyl (C=O) groups excluding carboxylic acids is 2. The number of aromatic nitrogens is 2. The number of fused-ring (bicyclic) bond motifs is 1. The molecule has 0 aliphatic rings. The van der Waals surface area contributed by atoms with Crippen molar-refractivity contribution in [1.29, 1.82) is 0 Å². The highest BCUT2D eigenvalue weighted by atomic mass is 16.2. The summed E-state index contributed by atoms with van der Waals surface area (Å²) in [5.41, 5.74) is 3.77. The zero-order valence-electron chi connectivity index (χ0n) is 21.2. The predicted octanol–water partition coefficient (Wildman–Crippen LogP) is 5.13. The molecular formula is C28H38N4O2. The average molecular weight is 463 g/mol. The zero-order valence-corrected chi connectivity index (χ0v) is 21.2.